The van der Waals surface area contributed by atoms with Crippen molar-refractivity contribution in [2.75, 3.05) is 7.05 Å². The molecular formula is C16H27NO. The average molecular weight is 249 g/mol. The standard InChI is InChI=1S/C16H27NO/c1-11(2)14(17-6)15(18)12-7-9-13(10-8-12)16(3,4)5/h7-11,14-15,17-18H,1-6H3. The molecule has 0 fully saturated rings. The molecule has 1 rings (SSSR count). The van der Waals surface area contributed by atoms with Crippen LogP contribution in [0.15, 0.2) is 24.3 Å². The van der Waals surface area contributed by atoms with E-state index in [2.05, 4.69) is 52.1 Å². The van der Waals surface area contributed by atoms with E-state index in [1.54, 1.807) is 0 Å². The van der Waals surface area contributed by atoms with Crippen molar-refractivity contribution in [3.63, 3.8) is 0 Å². The van der Waals surface area contributed by atoms with Crippen LogP contribution in [-0.4, -0.2) is 18.2 Å². The van der Waals surface area contributed by atoms with Crippen molar-refractivity contribution in [2.45, 2.75) is 52.2 Å². The van der Waals surface area contributed by atoms with Crippen molar-refractivity contribution in [1.29, 1.82) is 0 Å². The van der Waals surface area contributed by atoms with E-state index < -0.39 is 6.10 Å². The predicted octanol–water partition coefficient (Wildman–Crippen LogP) is 3.26. The van der Waals surface area contributed by atoms with Crippen molar-refractivity contribution < 1.29 is 5.11 Å². The van der Waals surface area contributed by atoms with Crippen molar-refractivity contribution in [3.05, 3.63) is 35.4 Å². The number of aliphatic hydroxyl groups excluding tert-OH is 1. The van der Waals surface area contributed by atoms with Crippen LogP contribution in [-0.2, 0) is 5.41 Å². The number of aliphatic hydroxyl groups is 1. The van der Waals surface area contributed by atoms with E-state index in [1.807, 2.05) is 19.2 Å². The van der Waals surface area contributed by atoms with Gasteiger partial charge in [0, 0.05) is 6.04 Å². The maximum absolute atomic E-state index is 10.4. The van der Waals surface area contributed by atoms with Crippen LogP contribution in [0.5, 0.6) is 0 Å². The summed E-state index contributed by atoms with van der Waals surface area (Å²) in [7, 11) is 1.90. The Hall–Kier alpha value is -0.860. The Bertz CT molecular complexity index is 362. The van der Waals surface area contributed by atoms with E-state index >= 15 is 0 Å². The highest BCUT2D eigenvalue weighted by molar-refractivity contribution is 5.29. The lowest BCUT2D eigenvalue weighted by atomic mass is 9.85. The summed E-state index contributed by atoms with van der Waals surface area (Å²) in [5, 5.41) is 13.6. The smallest absolute Gasteiger partial charge is 0.0945 e. The molecule has 2 atom stereocenters. The van der Waals surface area contributed by atoms with Crippen LogP contribution in [0.2, 0.25) is 0 Å². The molecule has 0 amide bonds. The first-order valence-electron chi connectivity index (χ1n) is 6.73. The summed E-state index contributed by atoms with van der Waals surface area (Å²) in [6.07, 6.45) is -0.455. The lowest BCUT2D eigenvalue weighted by molar-refractivity contribution is 0.110. The molecule has 1 aromatic rings. The highest BCUT2D eigenvalue weighted by Crippen LogP contribution is 2.26. The molecule has 102 valence electrons. The molecule has 18 heavy (non-hydrogen) atoms. The summed E-state index contributed by atoms with van der Waals surface area (Å²) in [4.78, 5) is 0. The van der Waals surface area contributed by atoms with Gasteiger partial charge < -0.3 is 10.4 Å². The Labute approximate surface area is 111 Å². The molecule has 0 heterocycles. The molecule has 0 spiro atoms. The molecule has 0 aromatic heterocycles. The molecule has 2 heteroatoms. The van der Waals surface area contributed by atoms with Crippen molar-refractivity contribution in [2.24, 2.45) is 5.92 Å². The Balaban J connectivity index is 2.91. The minimum Gasteiger partial charge on any atom is -0.387 e. The molecule has 2 unspecified atom stereocenters. The number of hydrogen-bond acceptors (Lipinski definition) is 2. The van der Waals surface area contributed by atoms with Gasteiger partial charge in [-0.05, 0) is 29.5 Å². The first-order valence-corrected chi connectivity index (χ1v) is 6.73. The second-order valence-electron chi connectivity index (χ2n) is 6.38. The molecule has 0 saturated heterocycles. The van der Waals surface area contributed by atoms with Gasteiger partial charge in [-0.1, -0.05) is 58.9 Å². The van der Waals surface area contributed by atoms with Crippen LogP contribution < -0.4 is 5.32 Å². The first-order chi connectivity index (χ1) is 8.27. The highest BCUT2D eigenvalue weighted by atomic mass is 16.3. The van der Waals surface area contributed by atoms with Gasteiger partial charge in [-0.15, -0.1) is 0 Å². The van der Waals surface area contributed by atoms with E-state index in [0.29, 0.717) is 5.92 Å². The summed E-state index contributed by atoms with van der Waals surface area (Å²) in [5.41, 5.74) is 2.43. The fourth-order valence-electron chi connectivity index (χ4n) is 2.24. The highest BCUT2D eigenvalue weighted by Gasteiger charge is 2.22. The molecule has 0 aliphatic heterocycles. The lowest BCUT2D eigenvalue weighted by Crippen LogP contribution is -2.36. The third-order valence-electron chi connectivity index (χ3n) is 3.51. The van der Waals surface area contributed by atoms with E-state index in [-0.39, 0.29) is 11.5 Å². The summed E-state index contributed by atoms with van der Waals surface area (Å²) >= 11 is 0. The zero-order valence-corrected chi connectivity index (χ0v) is 12.5. The van der Waals surface area contributed by atoms with E-state index in [9.17, 15) is 5.11 Å². The molecule has 1 aromatic carbocycles. The summed E-state index contributed by atoms with van der Waals surface area (Å²) < 4.78 is 0. The SMILES string of the molecule is CNC(C(C)C)C(O)c1ccc(C(C)(C)C)cc1. The van der Waals surface area contributed by atoms with Crippen molar-refractivity contribution in [1.82, 2.24) is 5.32 Å². The molecule has 2 N–H and O–H groups in total. The second-order valence-corrected chi connectivity index (χ2v) is 6.38. The number of hydrogen-bond donors (Lipinski definition) is 2. The third kappa shape index (κ3) is 3.56. The predicted molar refractivity (Wildman–Crippen MR) is 77.8 cm³/mol. The number of likely N-dealkylation sites (N-methyl/N-ethyl adjacent to an activating group) is 1. The van der Waals surface area contributed by atoms with Gasteiger partial charge in [0.15, 0.2) is 0 Å². The van der Waals surface area contributed by atoms with Gasteiger partial charge in [0.1, 0.15) is 0 Å². The van der Waals surface area contributed by atoms with Gasteiger partial charge in [-0.25, -0.2) is 0 Å². The Morgan fingerprint density at radius 2 is 1.56 bits per heavy atom. The lowest BCUT2D eigenvalue weighted by Gasteiger charge is -2.27. The van der Waals surface area contributed by atoms with Gasteiger partial charge in [-0.2, -0.15) is 0 Å². The molecule has 0 radical (unpaired) electrons. The van der Waals surface area contributed by atoms with Crippen LogP contribution in [0.1, 0.15) is 51.8 Å². The fraction of sp³-hybridized carbons (Fsp3) is 0.625. The Morgan fingerprint density at radius 3 is 1.89 bits per heavy atom. The summed E-state index contributed by atoms with van der Waals surface area (Å²) in [6, 6.07) is 8.40. The molecule has 0 saturated carbocycles. The quantitative estimate of drug-likeness (QED) is 0.858. The Kier molecular flexibility index (Phi) is 4.94. The van der Waals surface area contributed by atoms with Gasteiger partial charge in [0.2, 0.25) is 0 Å². The molecule has 0 aliphatic carbocycles. The van der Waals surface area contributed by atoms with E-state index in [1.165, 1.54) is 5.56 Å². The number of rotatable bonds is 4. The molecular weight excluding hydrogens is 222 g/mol. The van der Waals surface area contributed by atoms with Crippen LogP contribution in [0.25, 0.3) is 0 Å². The number of nitrogens with one attached hydrogen (secondary N) is 1. The molecule has 0 aliphatic rings. The Morgan fingerprint density at radius 1 is 1.06 bits per heavy atom. The maximum atomic E-state index is 10.4. The number of benzene rings is 1. The molecule has 0 bridgehead atoms. The third-order valence-corrected chi connectivity index (χ3v) is 3.51. The normalized spacial score (nSPS) is 15.8. The maximum Gasteiger partial charge on any atom is 0.0945 e. The largest absolute Gasteiger partial charge is 0.387 e. The topological polar surface area (TPSA) is 32.3 Å². The minimum absolute atomic E-state index is 0.0884. The minimum atomic E-state index is -0.455. The average Bonchev–Trinajstić information content (AvgIpc) is 2.28. The van der Waals surface area contributed by atoms with Crippen LogP contribution in [0.3, 0.4) is 0 Å². The zero-order chi connectivity index (χ0) is 13.9. The zero-order valence-electron chi connectivity index (χ0n) is 12.5. The molecule has 2 nitrogen and oxygen atoms in total. The van der Waals surface area contributed by atoms with Gasteiger partial charge in [0.05, 0.1) is 6.10 Å². The van der Waals surface area contributed by atoms with Gasteiger partial charge in [-0.3, -0.25) is 0 Å². The van der Waals surface area contributed by atoms with Gasteiger partial charge >= 0.3 is 0 Å². The monoisotopic (exact) mass is 249 g/mol. The van der Waals surface area contributed by atoms with E-state index in [4.69, 9.17) is 0 Å². The first kappa shape index (κ1) is 15.2. The van der Waals surface area contributed by atoms with Crippen LogP contribution in [0, 0.1) is 5.92 Å². The van der Waals surface area contributed by atoms with Crippen molar-refractivity contribution >= 4 is 0 Å². The fourth-order valence-corrected chi connectivity index (χ4v) is 2.24. The second kappa shape index (κ2) is 5.85. The summed E-state index contributed by atoms with van der Waals surface area (Å²) in [6.45, 7) is 10.8. The van der Waals surface area contributed by atoms with E-state index in [0.717, 1.165) is 5.56 Å². The summed E-state index contributed by atoms with van der Waals surface area (Å²) in [5.74, 6) is 0.396. The van der Waals surface area contributed by atoms with Gasteiger partial charge in [0.25, 0.3) is 0 Å². The van der Waals surface area contributed by atoms with Crippen molar-refractivity contribution in [3.8, 4) is 0 Å². The van der Waals surface area contributed by atoms with Crippen LogP contribution in [0.4, 0.5) is 0 Å². The van der Waals surface area contributed by atoms with Crippen LogP contribution >= 0.6 is 0 Å².